The summed E-state index contributed by atoms with van der Waals surface area (Å²) in [7, 11) is -3.41. The minimum absolute atomic E-state index is 0.155. The number of likely N-dealkylation sites (N-methyl/N-ethyl adjacent to an activating group) is 1. The Labute approximate surface area is 155 Å². The van der Waals surface area contributed by atoms with E-state index < -0.39 is 16.8 Å². The lowest BCUT2D eigenvalue weighted by molar-refractivity contribution is 0.485. The molecule has 0 unspecified atom stereocenters. The predicted octanol–water partition coefficient (Wildman–Crippen LogP) is 4.84. The molecule has 0 spiro atoms. The third-order valence-corrected chi connectivity index (χ3v) is 6.00. The molecule has 1 aliphatic rings. The van der Waals surface area contributed by atoms with Crippen LogP contribution in [0.15, 0.2) is 54.6 Å². The van der Waals surface area contributed by atoms with Crippen LogP contribution in [0.5, 0.6) is 0 Å². The molecule has 2 aromatic rings. The van der Waals surface area contributed by atoms with Gasteiger partial charge in [0.05, 0.1) is 17.9 Å². The molecule has 0 atom stereocenters. The number of rotatable bonds is 6. The van der Waals surface area contributed by atoms with E-state index in [9.17, 15) is 13.5 Å². The molecule has 2 aromatic carbocycles. The van der Waals surface area contributed by atoms with Gasteiger partial charge in [-0.25, -0.2) is 13.0 Å². The second-order valence-electron chi connectivity index (χ2n) is 6.07. The number of nitrogens with one attached hydrogen (secondary N) is 1. The highest BCUT2D eigenvalue weighted by Crippen LogP contribution is 2.64. The van der Waals surface area contributed by atoms with Crippen molar-refractivity contribution in [1.82, 2.24) is 5.32 Å². The summed E-state index contributed by atoms with van der Waals surface area (Å²) in [6, 6.07) is 12.0. The maximum absolute atomic E-state index is 14.6. The summed E-state index contributed by atoms with van der Waals surface area (Å²) in [4.78, 5) is 0. The van der Waals surface area contributed by atoms with E-state index >= 15 is 0 Å². The van der Waals surface area contributed by atoms with Crippen molar-refractivity contribution in [2.75, 3.05) is 28.2 Å². The Hall–Kier alpha value is -2.06. The Kier molecular flexibility index (Phi) is 5.52. The maximum atomic E-state index is 14.6. The van der Waals surface area contributed by atoms with E-state index in [-0.39, 0.29) is 5.69 Å². The van der Waals surface area contributed by atoms with Crippen molar-refractivity contribution in [3.8, 4) is 0 Å². The van der Waals surface area contributed by atoms with Crippen LogP contribution >= 0.6 is 11.0 Å². The van der Waals surface area contributed by atoms with Gasteiger partial charge in [-0.3, -0.25) is 9.11 Å². The van der Waals surface area contributed by atoms with Crippen molar-refractivity contribution in [3.63, 3.8) is 0 Å². The van der Waals surface area contributed by atoms with Crippen molar-refractivity contribution in [2.45, 2.75) is 13.8 Å². The Morgan fingerprint density at radius 2 is 1.81 bits per heavy atom. The maximum Gasteiger partial charge on any atom is 0.148 e. The molecular weight excluding hydrogens is 353 g/mol. The van der Waals surface area contributed by atoms with Gasteiger partial charge in [-0.05, 0) is 54.3 Å². The van der Waals surface area contributed by atoms with E-state index in [1.54, 1.807) is 31.2 Å². The number of halogens is 1. The van der Waals surface area contributed by atoms with Gasteiger partial charge in [0.25, 0.3) is 0 Å². The molecule has 0 saturated carbocycles. The zero-order valence-electron chi connectivity index (χ0n) is 14.9. The zero-order chi connectivity index (χ0) is 18.7. The second kappa shape index (κ2) is 7.67. The van der Waals surface area contributed by atoms with Crippen LogP contribution in [-0.4, -0.2) is 28.7 Å². The van der Waals surface area contributed by atoms with Gasteiger partial charge in [0, 0.05) is 6.54 Å². The van der Waals surface area contributed by atoms with Crippen molar-refractivity contribution < 1.29 is 13.5 Å². The van der Waals surface area contributed by atoms with Crippen molar-refractivity contribution in [3.05, 3.63) is 66.0 Å². The molecule has 0 saturated heterocycles. The molecule has 140 valence electrons. The molecule has 3 N–H and O–H groups in total. The first-order valence-electron chi connectivity index (χ1n) is 8.54. The van der Waals surface area contributed by atoms with Crippen LogP contribution < -0.4 is 13.9 Å². The minimum Gasteiger partial charge on any atom is -0.314 e. The average molecular weight is 377 g/mol. The Morgan fingerprint density at radius 1 is 1.08 bits per heavy atom. The van der Waals surface area contributed by atoms with Crippen LogP contribution in [0, 0.1) is 12.7 Å². The summed E-state index contributed by atoms with van der Waals surface area (Å²) in [5.41, 5.74) is 2.18. The average Bonchev–Trinajstić information content (AvgIpc) is 2.82. The van der Waals surface area contributed by atoms with E-state index in [1.807, 2.05) is 31.2 Å². The number of anilines is 3. The fourth-order valence-corrected chi connectivity index (χ4v) is 4.66. The van der Waals surface area contributed by atoms with Gasteiger partial charge in [-0.2, -0.15) is 0 Å². The van der Waals surface area contributed by atoms with E-state index in [0.717, 1.165) is 12.1 Å². The smallest absolute Gasteiger partial charge is 0.148 e. The molecule has 1 aliphatic heterocycles. The fourth-order valence-electron chi connectivity index (χ4n) is 2.93. The van der Waals surface area contributed by atoms with Crippen LogP contribution in [0.25, 0.3) is 0 Å². The standard InChI is InChI=1S/C19H24FN3O2S/c1-3-21-12-6-7-13-22-18-8-4-5-9-19(18)23(26(22,24)25)17-11-10-15(2)14-16(17)20/h4-11,14,21,24-25H,3,12-13H2,1-2H3/b7-6-. The fraction of sp³-hybridized carbons (Fsp3) is 0.263. The number of para-hydroxylation sites is 2. The molecule has 26 heavy (non-hydrogen) atoms. The molecule has 0 bridgehead atoms. The highest BCUT2D eigenvalue weighted by Gasteiger charge is 2.41. The summed E-state index contributed by atoms with van der Waals surface area (Å²) in [5, 5.41) is 3.18. The van der Waals surface area contributed by atoms with E-state index in [0.29, 0.717) is 24.5 Å². The quantitative estimate of drug-likeness (QED) is 0.497. The Balaban J connectivity index is 1.97. The first kappa shape index (κ1) is 18.7. The van der Waals surface area contributed by atoms with Crippen LogP contribution in [0.2, 0.25) is 0 Å². The van der Waals surface area contributed by atoms with Gasteiger partial charge in [0.1, 0.15) is 11.5 Å². The van der Waals surface area contributed by atoms with Crippen LogP contribution in [-0.2, 0) is 0 Å². The highest BCUT2D eigenvalue weighted by molar-refractivity contribution is 8.27. The molecule has 0 amide bonds. The van der Waals surface area contributed by atoms with Crippen molar-refractivity contribution >= 4 is 28.0 Å². The van der Waals surface area contributed by atoms with Crippen LogP contribution in [0.1, 0.15) is 12.5 Å². The molecule has 5 nitrogen and oxygen atoms in total. The molecule has 0 radical (unpaired) electrons. The van der Waals surface area contributed by atoms with E-state index in [4.69, 9.17) is 0 Å². The topological polar surface area (TPSA) is 59.0 Å². The number of hydrogen-bond acceptors (Lipinski definition) is 5. The predicted molar refractivity (Wildman–Crippen MR) is 108 cm³/mol. The third-order valence-electron chi connectivity index (χ3n) is 4.18. The normalized spacial score (nSPS) is 17.0. The van der Waals surface area contributed by atoms with Crippen LogP contribution in [0.3, 0.4) is 0 Å². The van der Waals surface area contributed by atoms with Gasteiger partial charge in [0.15, 0.2) is 0 Å². The monoisotopic (exact) mass is 377 g/mol. The summed E-state index contributed by atoms with van der Waals surface area (Å²) in [6.07, 6.45) is 3.82. The van der Waals surface area contributed by atoms with E-state index in [2.05, 4.69) is 5.32 Å². The first-order valence-corrected chi connectivity index (χ1v) is 10.00. The molecule has 1 heterocycles. The number of nitrogens with zero attached hydrogens (tertiary/aromatic N) is 2. The van der Waals surface area contributed by atoms with Gasteiger partial charge in [-0.1, -0.05) is 37.3 Å². The SMILES string of the molecule is CCNC/C=C\CN1c2ccccc2N(c2ccc(C)cc2F)S1(O)O. The molecular formula is C19H24FN3O2S. The molecule has 7 heteroatoms. The van der Waals surface area contributed by atoms with Crippen LogP contribution in [0.4, 0.5) is 21.5 Å². The molecule has 0 aromatic heterocycles. The molecule has 3 rings (SSSR count). The number of fused-ring (bicyclic) bond motifs is 1. The number of hydrogen-bond donors (Lipinski definition) is 3. The van der Waals surface area contributed by atoms with Gasteiger partial charge in [0.2, 0.25) is 0 Å². The van der Waals surface area contributed by atoms with Gasteiger partial charge < -0.3 is 5.32 Å². The first-order chi connectivity index (χ1) is 12.5. The van der Waals surface area contributed by atoms with Gasteiger partial charge in [-0.15, -0.1) is 0 Å². The molecule has 0 fully saturated rings. The summed E-state index contributed by atoms with van der Waals surface area (Å²) < 4.78 is 39.3. The summed E-state index contributed by atoms with van der Waals surface area (Å²) in [6.45, 7) is 5.71. The Morgan fingerprint density at radius 3 is 2.50 bits per heavy atom. The van der Waals surface area contributed by atoms with Crippen molar-refractivity contribution in [2.24, 2.45) is 0 Å². The lowest BCUT2D eigenvalue weighted by Gasteiger charge is -2.43. The lowest BCUT2D eigenvalue weighted by atomic mass is 10.2. The Bertz CT molecular complexity index is 813. The minimum atomic E-state index is -3.41. The molecule has 0 aliphatic carbocycles. The third kappa shape index (κ3) is 3.43. The number of benzene rings is 2. The van der Waals surface area contributed by atoms with Gasteiger partial charge >= 0.3 is 0 Å². The zero-order valence-corrected chi connectivity index (χ0v) is 15.7. The summed E-state index contributed by atoms with van der Waals surface area (Å²) in [5.74, 6) is -0.482. The largest absolute Gasteiger partial charge is 0.314 e. The van der Waals surface area contributed by atoms with Crippen molar-refractivity contribution in [1.29, 1.82) is 0 Å². The summed E-state index contributed by atoms with van der Waals surface area (Å²) >= 11 is 0. The second-order valence-corrected chi connectivity index (χ2v) is 7.85. The lowest BCUT2D eigenvalue weighted by Crippen LogP contribution is -2.31. The highest BCUT2D eigenvalue weighted by atomic mass is 32.3. The number of aryl methyl sites for hydroxylation is 1. The van der Waals surface area contributed by atoms with E-state index in [1.165, 1.54) is 14.7 Å².